The van der Waals surface area contributed by atoms with Crippen LogP contribution in [0.2, 0.25) is 0 Å². The second-order valence-corrected chi connectivity index (χ2v) is 8.62. The third kappa shape index (κ3) is 4.89. The first-order valence-corrected chi connectivity index (χ1v) is 11.0. The van der Waals surface area contributed by atoms with Gasteiger partial charge in [0.25, 0.3) is 0 Å². The predicted octanol–water partition coefficient (Wildman–Crippen LogP) is 2.24. The molecule has 0 unspecified atom stereocenters. The lowest BCUT2D eigenvalue weighted by Gasteiger charge is -2.33. The molecule has 0 bridgehead atoms. The monoisotopic (exact) mass is 425 g/mol. The van der Waals surface area contributed by atoms with Gasteiger partial charge in [0.1, 0.15) is 12.3 Å². The molecule has 0 saturated carbocycles. The zero-order chi connectivity index (χ0) is 22.0. The minimum absolute atomic E-state index is 0.125. The van der Waals surface area contributed by atoms with E-state index < -0.39 is 0 Å². The number of nitrogens with zero attached hydrogens (tertiary/aromatic N) is 5. The normalized spacial score (nSPS) is 16.9. The third-order valence-electron chi connectivity index (χ3n) is 6.42. The minimum atomic E-state index is 0.125. The van der Waals surface area contributed by atoms with Crippen molar-refractivity contribution in [1.82, 2.24) is 24.6 Å². The fourth-order valence-electron chi connectivity index (χ4n) is 4.57. The largest absolute Gasteiger partial charge is 0.471 e. The zero-order valence-electron chi connectivity index (χ0n) is 18.6. The summed E-state index contributed by atoms with van der Waals surface area (Å²) in [6, 6.07) is 5.70. The number of likely N-dealkylation sites (tertiary alicyclic amines) is 1. The molecule has 2 aliphatic rings. The van der Waals surface area contributed by atoms with E-state index in [1.165, 1.54) is 5.69 Å². The lowest BCUT2D eigenvalue weighted by atomic mass is 9.92. The molecule has 1 fully saturated rings. The van der Waals surface area contributed by atoms with Crippen LogP contribution in [0.5, 0.6) is 5.88 Å². The summed E-state index contributed by atoms with van der Waals surface area (Å²) in [5.74, 6) is 1.26. The molecule has 0 aliphatic carbocycles. The molecule has 4 heterocycles. The highest BCUT2D eigenvalue weighted by molar-refractivity contribution is 5.77. The maximum absolute atomic E-state index is 13.0. The number of pyridine rings is 1. The van der Waals surface area contributed by atoms with Crippen molar-refractivity contribution in [2.45, 2.75) is 52.7 Å². The van der Waals surface area contributed by atoms with Crippen molar-refractivity contribution in [3.8, 4) is 5.88 Å². The van der Waals surface area contributed by atoms with Crippen LogP contribution in [0.25, 0.3) is 0 Å². The Morgan fingerprint density at radius 2 is 1.94 bits per heavy atom. The van der Waals surface area contributed by atoms with Crippen LogP contribution in [0.15, 0.2) is 18.2 Å². The third-order valence-corrected chi connectivity index (χ3v) is 6.42. The summed E-state index contributed by atoms with van der Waals surface area (Å²) in [6.45, 7) is 6.70. The molecule has 0 radical (unpaired) electrons. The number of hydrogen-bond acceptors (Lipinski definition) is 5. The SMILES string of the molecule is CC(=O)N1CCC(CC(=O)N2CCc3c(c(COc4cccc(C)n4)nn3C)C2)CC1. The number of carbonyl (C=O) groups excluding carboxylic acids is 2. The standard InChI is InChI=1S/C23H31N5O3/c1-16-5-4-6-22(24-16)31-15-20-19-14-28(12-9-21(19)26(3)25-20)23(30)13-18-7-10-27(11-8-18)17(2)29/h4-6,18H,7-15H2,1-3H3. The maximum Gasteiger partial charge on any atom is 0.223 e. The highest BCUT2D eigenvalue weighted by atomic mass is 16.5. The van der Waals surface area contributed by atoms with E-state index in [-0.39, 0.29) is 11.8 Å². The predicted molar refractivity (Wildman–Crippen MR) is 115 cm³/mol. The molecule has 8 heteroatoms. The fraction of sp³-hybridized carbons (Fsp3) is 0.565. The Balaban J connectivity index is 1.37. The van der Waals surface area contributed by atoms with E-state index in [1.54, 1.807) is 6.92 Å². The second-order valence-electron chi connectivity index (χ2n) is 8.62. The van der Waals surface area contributed by atoms with E-state index in [0.29, 0.717) is 31.4 Å². The summed E-state index contributed by atoms with van der Waals surface area (Å²) in [5.41, 5.74) is 4.05. The first-order chi connectivity index (χ1) is 14.9. The van der Waals surface area contributed by atoms with Gasteiger partial charge in [0, 0.05) is 76.0 Å². The topological polar surface area (TPSA) is 80.6 Å². The maximum atomic E-state index is 13.0. The second kappa shape index (κ2) is 9.08. The first-order valence-electron chi connectivity index (χ1n) is 11.0. The molecule has 0 aromatic carbocycles. The van der Waals surface area contributed by atoms with Gasteiger partial charge in [-0.15, -0.1) is 0 Å². The Hall–Kier alpha value is -2.90. The molecule has 0 N–H and O–H groups in total. The number of hydrogen-bond donors (Lipinski definition) is 0. The number of carbonyl (C=O) groups is 2. The number of aromatic nitrogens is 3. The quantitative estimate of drug-likeness (QED) is 0.734. The number of aryl methyl sites for hydroxylation is 2. The van der Waals surface area contributed by atoms with Gasteiger partial charge in [-0.05, 0) is 31.7 Å². The van der Waals surface area contributed by atoms with Gasteiger partial charge in [-0.25, -0.2) is 4.98 Å². The lowest BCUT2D eigenvalue weighted by Crippen LogP contribution is -2.40. The molecule has 0 spiro atoms. The molecule has 0 atom stereocenters. The van der Waals surface area contributed by atoms with Gasteiger partial charge in [-0.2, -0.15) is 5.10 Å². The minimum Gasteiger partial charge on any atom is -0.471 e. The van der Waals surface area contributed by atoms with Crippen molar-refractivity contribution in [2.24, 2.45) is 13.0 Å². The van der Waals surface area contributed by atoms with Crippen molar-refractivity contribution in [3.63, 3.8) is 0 Å². The van der Waals surface area contributed by atoms with Gasteiger partial charge in [-0.3, -0.25) is 14.3 Å². The van der Waals surface area contributed by atoms with Crippen molar-refractivity contribution >= 4 is 11.8 Å². The molecule has 2 amide bonds. The number of piperidine rings is 1. The lowest BCUT2D eigenvalue weighted by molar-refractivity contribution is -0.134. The van der Waals surface area contributed by atoms with Crippen LogP contribution >= 0.6 is 0 Å². The molecule has 2 aromatic rings. The van der Waals surface area contributed by atoms with Crippen LogP contribution in [0.1, 0.15) is 48.8 Å². The summed E-state index contributed by atoms with van der Waals surface area (Å²) in [5, 5.41) is 4.65. The molecule has 31 heavy (non-hydrogen) atoms. The van der Waals surface area contributed by atoms with E-state index in [2.05, 4.69) is 10.1 Å². The highest BCUT2D eigenvalue weighted by Crippen LogP contribution is 2.26. The Bertz CT molecular complexity index is 962. The van der Waals surface area contributed by atoms with Crippen LogP contribution < -0.4 is 4.74 Å². The Labute approximate surface area is 183 Å². The van der Waals surface area contributed by atoms with Gasteiger partial charge < -0.3 is 14.5 Å². The van der Waals surface area contributed by atoms with Gasteiger partial charge >= 0.3 is 0 Å². The van der Waals surface area contributed by atoms with Crippen LogP contribution in [0.3, 0.4) is 0 Å². The summed E-state index contributed by atoms with van der Waals surface area (Å²) in [4.78, 5) is 32.7. The smallest absolute Gasteiger partial charge is 0.223 e. The molecule has 2 aliphatic heterocycles. The number of amides is 2. The Morgan fingerprint density at radius 3 is 2.65 bits per heavy atom. The highest BCUT2D eigenvalue weighted by Gasteiger charge is 2.29. The van der Waals surface area contributed by atoms with Crippen molar-refractivity contribution in [3.05, 3.63) is 40.8 Å². The Morgan fingerprint density at radius 1 is 1.16 bits per heavy atom. The summed E-state index contributed by atoms with van der Waals surface area (Å²) >= 11 is 0. The molecule has 166 valence electrons. The number of rotatable bonds is 5. The number of ether oxygens (including phenoxy) is 1. The van der Waals surface area contributed by atoms with E-state index >= 15 is 0 Å². The number of fused-ring (bicyclic) bond motifs is 1. The molecular formula is C23H31N5O3. The summed E-state index contributed by atoms with van der Waals surface area (Å²) in [7, 11) is 1.95. The van der Waals surface area contributed by atoms with E-state index in [0.717, 1.165) is 55.8 Å². The van der Waals surface area contributed by atoms with Crippen LogP contribution in [0, 0.1) is 12.8 Å². The van der Waals surface area contributed by atoms with Crippen molar-refractivity contribution in [2.75, 3.05) is 19.6 Å². The first kappa shape index (κ1) is 21.3. The molecule has 1 saturated heterocycles. The average Bonchev–Trinajstić information content (AvgIpc) is 3.07. The fourth-order valence-corrected chi connectivity index (χ4v) is 4.57. The van der Waals surface area contributed by atoms with E-state index in [1.807, 2.05) is 46.7 Å². The van der Waals surface area contributed by atoms with Gasteiger partial charge in [0.05, 0.1) is 0 Å². The molecule has 4 rings (SSSR count). The van der Waals surface area contributed by atoms with E-state index in [4.69, 9.17) is 4.74 Å². The van der Waals surface area contributed by atoms with Crippen LogP contribution in [-0.4, -0.2) is 56.0 Å². The van der Waals surface area contributed by atoms with Gasteiger partial charge in [0.15, 0.2) is 0 Å². The van der Waals surface area contributed by atoms with Crippen LogP contribution in [-0.2, 0) is 36.2 Å². The summed E-state index contributed by atoms with van der Waals surface area (Å²) < 4.78 is 7.79. The zero-order valence-corrected chi connectivity index (χ0v) is 18.6. The molecular weight excluding hydrogens is 394 g/mol. The van der Waals surface area contributed by atoms with Crippen LogP contribution in [0.4, 0.5) is 0 Å². The van der Waals surface area contributed by atoms with Crippen molar-refractivity contribution in [1.29, 1.82) is 0 Å². The van der Waals surface area contributed by atoms with E-state index in [9.17, 15) is 9.59 Å². The summed E-state index contributed by atoms with van der Waals surface area (Å²) in [6.07, 6.45) is 3.16. The molecule has 2 aromatic heterocycles. The average molecular weight is 426 g/mol. The Kier molecular flexibility index (Phi) is 6.25. The van der Waals surface area contributed by atoms with Gasteiger partial charge in [-0.1, -0.05) is 6.07 Å². The van der Waals surface area contributed by atoms with Gasteiger partial charge in [0.2, 0.25) is 17.7 Å². The van der Waals surface area contributed by atoms with Crippen molar-refractivity contribution < 1.29 is 14.3 Å². The molecule has 8 nitrogen and oxygen atoms in total.